The van der Waals surface area contributed by atoms with E-state index in [1.807, 2.05) is 36.5 Å². The quantitative estimate of drug-likeness (QED) is 0.317. The number of oxime groups is 1. The van der Waals surface area contributed by atoms with Gasteiger partial charge in [0.25, 0.3) is 0 Å². The summed E-state index contributed by atoms with van der Waals surface area (Å²) in [6.45, 7) is 9.14. The van der Waals surface area contributed by atoms with Gasteiger partial charge in [-0.05, 0) is 17.7 Å². The zero-order chi connectivity index (χ0) is 18.0. The molecule has 1 aliphatic heterocycles. The summed E-state index contributed by atoms with van der Waals surface area (Å²) in [4.78, 5) is 14.6. The fourth-order valence-corrected chi connectivity index (χ4v) is 3.05. The van der Waals surface area contributed by atoms with Crippen LogP contribution < -0.4 is 4.90 Å². The molecule has 1 aromatic carbocycles. The van der Waals surface area contributed by atoms with E-state index in [4.69, 9.17) is 4.84 Å². The second-order valence-electron chi connectivity index (χ2n) is 6.26. The van der Waals surface area contributed by atoms with Crippen LogP contribution in [0.5, 0.6) is 0 Å². The van der Waals surface area contributed by atoms with Crippen LogP contribution in [0.3, 0.4) is 0 Å². The van der Waals surface area contributed by atoms with Gasteiger partial charge in [-0.25, -0.2) is 4.98 Å². The van der Waals surface area contributed by atoms with Crippen molar-refractivity contribution in [3.63, 3.8) is 0 Å². The SMILES string of the molecule is C=CCO/N=C(/CCN1CCN(c2ccccn2)CC1)c1ccccc1. The van der Waals surface area contributed by atoms with E-state index in [1.54, 1.807) is 6.08 Å². The lowest BCUT2D eigenvalue weighted by Crippen LogP contribution is -2.47. The molecule has 2 aromatic rings. The fourth-order valence-electron chi connectivity index (χ4n) is 3.05. The second-order valence-corrected chi connectivity index (χ2v) is 6.26. The number of benzene rings is 1. The Morgan fingerprint density at radius 2 is 1.85 bits per heavy atom. The molecule has 0 radical (unpaired) electrons. The summed E-state index contributed by atoms with van der Waals surface area (Å²) in [5.74, 6) is 1.07. The van der Waals surface area contributed by atoms with Crippen LogP contribution in [0.1, 0.15) is 12.0 Å². The molecular formula is C21H26N4O. The zero-order valence-electron chi connectivity index (χ0n) is 15.1. The minimum absolute atomic E-state index is 0.430. The van der Waals surface area contributed by atoms with Crippen molar-refractivity contribution in [2.75, 3.05) is 44.2 Å². The third kappa shape index (κ3) is 5.17. The summed E-state index contributed by atoms with van der Waals surface area (Å²) in [5.41, 5.74) is 2.10. The summed E-state index contributed by atoms with van der Waals surface area (Å²) in [6.07, 6.45) is 4.43. The Labute approximate surface area is 155 Å². The third-order valence-corrected chi connectivity index (χ3v) is 4.48. The van der Waals surface area contributed by atoms with Crippen molar-refractivity contribution in [1.82, 2.24) is 9.88 Å². The lowest BCUT2D eigenvalue weighted by Gasteiger charge is -2.35. The molecule has 5 nitrogen and oxygen atoms in total. The van der Waals surface area contributed by atoms with Gasteiger partial charge in [-0.1, -0.05) is 54.2 Å². The van der Waals surface area contributed by atoms with E-state index in [2.05, 4.69) is 44.7 Å². The molecular weight excluding hydrogens is 324 g/mol. The fraction of sp³-hybridized carbons (Fsp3) is 0.333. The normalized spacial score (nSPS) is 15.7. The minimum atomic E-state index is 0.430. The molecule has 0 amide bonds. The van der Waals surface area contributed by atoms with Crippen molar-refractivity contribution in [2.45, 2.75) is 6.42 Å². The highest BCUT2D eigenvalue weighted by Crippen LogP contribution is 2.13. The van der Waals surface area contributed by atoms with E-state index in [0.29, 0.717) is 6.61 Å². The molecule has 1 aromatic heterocycles. The van der Waals surface area contributed by atoms with Crippen LogP contribution in [0.25, 0.3) is 0 Å². The first-order chi connectivity index (χ1) is 12.9. The maximum atomic E-state index is 5.35. The Hall–Kier alpha value is -2.66. The van der Waals surface area contributed by atoms with Gasteiger partial charge in [-0.3, -0.25) is 4.90 Å². The topological polar surface area (TPSA) is 41.0 Å². The maximum absolute atomic E-state index is 5.35. The molecule has 0 N–H and O–H groups in total. The lowest BCUT2D eigenvalue weighted by atomic mass is 10.1. The number of aromatic nitrogens is 1. The molecule has 0 saturated carbocycles. The predicted octanol–water partition coefficient (Wildman–Crippen LogP) is 3.20. The number of pyridine rings is 1. The van der Waals surface area contributed by atoms with E-state index in [-0.39, 0.29) is 0 Å². The standard InChI is InChI=1S/C21H26N4O/c1-2-18-26-23-20(19-8-4-3-5-9-19)11-13-24-14-16-25(17-15-24)21-10-6-7-12-22-21/h2-10,12H,1,11,13-18H2/b23-20-. The van der Waals surface area contributed by atoms with Gasteiger partial charge in [0.2, 0.25) is 0 Å². The van der Waals surface area contributed by atoms with E-state index in [1.165, 1.54) is 0 Å². The third-order valence-electron chi connectivity index (χ3n) is 4.48. The molecule has 1 fully saturated rings. The molecule has 2 heterocycles. The summed E-state index contributed by atoms with van der Waals surface area (Å²) in [7, 11) is 0. The van der Waals surface area contributed by atoms with Gasteiger partial charge in [0.1, 0.15) is 12.4 Å². The number of rotatable bonds is 8. The highest BCUT2D eigenvalue weighted by molar-refractivity contribution is 6.00. The van der Waals surface area contributed by atoms with Crippen LogP contribution in [0.15, 0.2) is 72.5 Å². The predicted molar refractivity (Wildman–Crippen MR) is 107 cm³/mol. The van der Waals surface area contributed by atoms with E-state index >= 15 is 0 Å². The first-order valence-corrected chi connectivity index (χ1v) is 9.10. The Balaban J connectivity index is 1.53. The summed E-state index contributed by atoms with van der Waals surface area (Å²) in [5, 5.41) is 4.33. The number of nitrogens with zero attached hydrogens (tertiary/aromatic N) is 4. The monoisotopic (exact) mass is 350 g/mol. The van der Waals surface area contributed by atoms with Gasteiger partial charge in [0.05, 0.1) is 5.71 Å². The Morgan fingerprint density at radius 1 is 1.08 bits per heavy atom. The lowest BCUT2D eigenvalue weighted by molar-refractivity contribution is 0.173. The number of anilines is 1. The van der Waals surface area contributed by atoms with Gasteiger partial charge in [0.15, 0.2) is 0 Å². The average Bonchev–Trinajstić information content (AvgIpc) is 2.72. The molecule has 3 rings (SSSR count). The van der Waals surface area contributed by atoms with E-state index < -0.39 is 0 Å². The summed E-state index contributed by atoms with van der Waals surface area (Å²) < 4.78 is 0. The van der Waals surface area contributed by atoms with Crippen molar-refractivity contribution in [2.24, 2.45) is 5.16 Å². The molecule has 5 heteroatoms. The van der Waals surface area contributed by atoms with Crippen molar-refractivity contribution in [1.29, 1.82) is 0 Å². The van der Waals surface area contributed by atoms with Crippen LogP contribution in [0.2, 0.25) is 0 Å². The van der Waals surface area contributed by atoms with Gasteiger partial charge in [-0.2, -0.15) is 0 Å². The molecule has 26 heavy (non-hydrogen) atoms. The first-order valence-electron chi connectivity index (χ1n) is 9.10. The van der Waals surface area contributed by atoms with E-state index in [0.717, 1.165) is 56.2 Å². The molecule has 0 bridgehead atoms. The Morgan fingerprint density at radius 3 is 2.54 bits per heavy atom. The number of piperazine rings is 1. The molecule has 0 unspecified atom stereocenters. The highest BCUT2D eigenvalue weighted by Gasteiger charge is 2.18. The van der Waals surface area contributed by atoms with Crippen LogP contribution in [0.4, 0.5) is 5.82 Å². The molecule has 0 atom stereocenters. The van der Waals surface area contributed by atoms with Gasteiger partial charge < -0.3 is 9.74 Å². The summed E-state index contributed by atoms with van der Waals surface area (Å²) in [6, 6.07) is 16.3. The maximum Gasteiger partial charge on any atom is 0.135 e. The van der Waals surface area contributed by atoms with Crippen LogP contribution >= 0.6 is 0 Å². The molecule has 1 aliphatic rings. The van der Waals surface area contributed by atoms with Crippen LogP contribution in [-0.2, 0) is 4.84 Å². The Bertz CT molecular complexity index is 694. The summed E-state index contributed by atoms with van der Waals surface area (Å²) >= 11 is 0. The minimum Gasteiger partial charge on any atom is -0.391 e. The number of hydrogen-bond acceptors (Lipinski definition) is 5. The van der Waals surface area contributed by atoms with Crippen molar-refractivity contribution in [3.8, 4) is 0 Å². The van der Waals surface area contributed by atoms with Gasteiger partial charge in [0, 0.05) is 45.3 Å². The van der Waals surface area contributed by atoms with Gasteiger partial charge >= 0.3 is 0 Å². The van der Waals surface area contributed by atoms with Gasteiger partial charge in [-0.15, -0.1) is 0 Å². The highest BCUT2D eigenvalue weighted by atomic mass is 16.6. The molecule has 0 spiro atoms. The number of hydrogen-bond donors (Lipinski definition) is 0. The molecule has 1 saturated heterocycles. The van der Waals surface area contributed by atoms with Crippen LogP contribution in [-0.4, -0.2) is 54.9 Å². The van der Waals surface area contributed by atoms with Crippen LogP contribution in [0, 0.1) is 0 Å². The Kier molecular flexibility index (Phi) is 6.79. The smallest absolute Gasteiger partial charge is 0.135 e. The van der Waals surface area contributed by atoms with Crippen molar-refractivity contribution >= 4 is 11.5 Å². The zero-order valence-corrected chi connectivity index (χ0v) is 15.1. The average molecular weight is 350 g/mol. The first kappa shape index (κ1) is 18.1. The van der Waals surface area contributed by atoms with Crippen molar-refractivity contribution < 1.29 is 4.84 Å². The van der Waals surface area contributed by atoms with E-state index in [9.17, 15) is 0 Å². The molecule has 136 valence electrons. The largest absolute Gasteiger partial charge is 0.391 e. The molecule has 0 aliphatic carbocycles. The van der Waals surface area contributed by atoms with Crippen molar-refractivity contribution in [3.05, 3.63) is 72.9 Å². The second kappa shape index (κ2) is 9.73.